The average molecular weight is 482 g/mol. The van der Waals surface area contributed by atoms with E-state index >= 15 is 0 Å². The van der Waals surface area contributed by atoms with Gasteiger partial charge in [0.1, 0.15) is 17.7 Å². The summed E-state index contributed by atoms with van der Waals surface area (Å²) in [4.78, 5) is 6.62. The van der Waals surface area contributed by atoms with E-state index in [1.807, 2.05) is 34.7 Å². The summed E-state index contributed by atoms with van der Waals surface area (Å²) in [5.74, 6) is 1.55. The molecule has 6 rings (SSSR count). The molecule has 1 atom stereocenters. The monoisotopic (exact) mass is 481 g/mol. The number of aromatic nitrogens is 4. The molecule has 33 heavy (non-hydrogen) atoms. The van der Waals surface area contributed by atoms with Crippen LogP contribution in [0.5, 0.6) is 5.88 Å². The topological polar surface area (TPSA) is 108 Å². The van der Waals surface area contributed by atoms with E-state index in [4.69, 9.17) is 39.4 Å². The fourth-order valence-electron chi connectivity index (χ4n) is 4.99. The summed E-state index contributed by atoms with van der Waals surface area (Å²) in [5, 5.41) is 9.38. The predicted octanol–water partition coefficient (Wildman–Crippen LogP) is 4.11. The van der Waals surface area contributed by atoms with Gasteiger partial charge in [-0.25, -0.2) is 4.98 Å². The van der Waals surface area contributed by atoms with Crippen molar-refractivity contribution >= 4 is 40.4 Å². The number of nitrogens with zero attached hydrogens (tertiary/aromatic N) is 5. The normalized spacial score (nSPS) is 19.1. The Morgan fingerprint density at radius 1 is 1.12 bits per heavy atom. The average Bonchev–Trinajstić information content (AvgIpc) is 3.40. The van der Waals surface area contributed by atoms with Crippen molar-refractivity contribution in [2.24, 2.45) is 5.73 Å². The van der Waals surface area contributed by atoms with Gasteiger partial charge in [-0.3, -0.25) is 4.40 Å². The quantitative estimate of drug-likeness (QED) is 0.443. The lowest BCUT2D eigenvalue weighted by atomic mass is 9.83. The Morgan fingerprint density at radius 3 is 2.73 bits per heavy atom. The van der Waals surface area contributed by atoms with Crippen molar-refractivity contribution in [2.45, 2.75) is 24.5 Å². The third-order valence-corrected chi connectivity index (χ3v) is 7.57. The van der Waals surface area contributed by atoms with Crippen LogP contribution in [0.2, 0.25) is 10.0 Å². The molecule has 1 fully saturated rings. The Labute approximate surface area is 200 Å². The molecule has 1 spiro atoms. The largest absolute Gasteiger partial charge is 0.469 e. The van der Waals surface area contributed by atoms with Gasteiger partial charge in [0.25, 0.3) is 0 Å². The summed E-state index contributed by atoms with van der Waals surface area (Å²) in [6, 6.07) is 11.1. The maximum absolute atomic E-state index is 6.60. The lowest BCUT2D eigenvalue weighted by molar-refractivity contribution is 0.0397. The molecular formula is C23H21Cl2N7O. The molecule has 5 heterocycles. The summed E-state index contributed by atoms with van der Waals surface area (Å²) < 4.78 is 8.22. The van der Waals surface area contributed by atoms with Crippen LogP contribution in [0.1, 0.15) is 24.4 Å². The SMILES string of the molecule is Nc1cc(N2CCC3(CC2)Oc2ncccc2[C@H]3N)n2cnnc2c1-c1cccc(Cl)c1Cl. The molecular weight excluding hydrogens is 461 g/mol. The van der Waals surface area contributed by atoms with Crippen LogP contribution in [0.3, 0.4) is 0 Å². The van der Waals surface area contributed by atoms with Gasteiger partial charge in [0.2, 0.25) is 5.88 Å². The highest BCUT2D eigenvalue weighted by Crippen LogP contribution is 2.47. The Balaban J connectivity index is 1.34. The first-order valence-electron chi connectivity index (χ1n) is 10.7. The van der Waals surface area contributed by atoms with Crippen molar-refractivity contribution in [1.82, 2.24) is 19.6 Å². The second-order valence-corrected chi connectivity index (χ2v) is 9.27. The van der Waals surface area contributed by atoms with E-state index in [1.54, 1.807) is 18.6 Å². The van der Waals surface area contributed by atoms with Gasteiger partial charge in [0.05, 0.1) is 21.7 Å². The highest BCUT2D eigenvalue weighted by Gasteiger charge is 2.49. The van der Waals surface area contributed by atoms with E-state index in [2.05, 4.69) is 20.1 Å². The van der Waals surface area contributed by atoms with Gasteiger partial charge in [0.15, 0.2) is 5.65 Å². The third kappa shape index (κ3) is 3.05. The number of nitrogens with two attached hydrogens (primary N) is 2. The summed E-state index contributed by atoms with van der Waals surface area (Å²) in [7, 11) is 0. The zero-order valence-electron chi connectivity index (χ0n) is 17.6. The first-order chi connectivity index (χ1) is 16.0. The molecule has 0 unspecified atom stereocenters. The number of rotatable bonds is 2. The van der Waals surface area contributed by atoms with Crippen LogP contribution in [0.15, 0.2) is 48.9 Å². The van der Waals surface area contributed by atoms with E-state index in [0.717, 1.165) is 42.9 Å². The number of fused-ring (bicyclic) bond motifs is 2. The molecule has 3 aromatic heterocycles. The van der Waals surface area contributed by atoms with Crippen LogP contribution in [-0.2, 0) is 0 Å². The molecule has 0 radical (unpaired) electrons. The lowest BCUT2D eigenvalue weighted by Crippen LogP contribution is -2.51. The van der Waals surface area contributed by atoms with E-state index in [9.17, 15) is 0 Å². The number of piperidine rings is 1. The molecule has 0 bridgehead atoms. The third-order valence-electron chi connectivity index (χ3n) is 6.75. The van der Waals surface area contributed by atoms with Crippen molar-refractivity contribution < 1.29 is 4.74 Å². The lowest BCUT2D eigenvalue weighted by Gasteiger charge is -2.41. The molecule has 168 valence electrons. The molecule has 10 heteroatoms. The van der Waals surface area contributed by atoms with Crippen molar-refractivity contribution in [3.63, 3.8) is 0 Å². The molecule has 1 aromatic carbocycles. The van der Waals surface area contributed by atoms with Crippen LogP contribution in [0, 0.1) is 0 Å². The molecule has 4 aromatic rings. The summed E-state index contributed by atoms with van der Waals surface area (Å²) in [6.07, 6.45) is 4.94. The minimum absolute atomic E-state index is 0.198. The molecule has 0 saturated carbocycles. The standard InChI is InChI=1S/C23H21Cl2N7O/c24-15-5-1-3-13(19(15)25)18-16(26)11-17(32-12-29-30-21(18)32)31-9-6-23(7-10-31)20(27)14-4-2-8-28-22(14)33-23/h1-5,8,11-12,20H,6-7,9-10,26-27H2/t20-/m1/s1. The predicted molar refractivity (Wildman–Crippen MR) is 129 cm³/mol. The molecule has 2 aliphatic heterocycles. The second-order valence-electron chi connectivity index (χ2n) is 8.49. The maximum atomic E-state index is 6.60. The molecule has 4 N–H and O–H groups in total. The number of benzene rings is 1. The Bertz CT molecular complexity index is 1380. The number of pyridine rings is 2. The molecule has 0 amide bonds. The smallest absolute Gasteiger partial charge is 0.218 e. The first kappa shape index (κ1) is 20.5. The highest BCUT2D eigenvalue weighted by molar-refractivity contribution is 6.44. The first-order valence-corrected chi connectivity index (χ1v) is 11.5. The number of hydrogen-bond acceptors (Lipinski definition) is 7. The Morgan fingerprint density at radius 2 is 1.94 bits per heavy atom. The number of nitrogen functional groups attached to an aromatic ring is 1. The van der Waals surface area contributed by atoms with Crippen molar-refractivity contribution in [3.8, 4) is 17.0 Å². The zero-order valence-corrected chi connectivity index (χ0v) is 19.1. The summed E-state index contributed by atoms with van der Waals surface area (Å²) in [5.41, 5.74) is 16.3. The number of anilines is 2. The van der Waals surface area contributed by atoms with E-state index in [1.165, 1.54) is 0 Å². The van der Waals surface area contributed by atoms with Gasteiger partial charge in [-0.1, -0.05) is 41.4 Å². The maximum Gasteiger partial charge on any atom is 0.218 e. The van der Waals surface area contributed by atoms with Gasteiger partial charge >= 0.3 is 0 Å². The van der Waals surface area contributed by atoms with Crippen molar-refractivity contribution in [3.05, 3.63) is 64.5 Å². The van der Waals surface area contributed by atoms with Gasteiger partial charge in [-0.2, -0.15) is 0 Å². The van der Waals surface area contributed by atoms with Crippen LogP contribution in [-0.4, -0.2) is 38.3 Å². The van der Waals surface area contributed by atoms with Gasteiger partial charge in [0, 0.05) is 55.0 Å². The Kier molecular flexibility index (Phi) is 4.65. The van der Waals surface area contributed by atoms with E-state index in [-0.39, 0.29) is 6.04 Å². The highest BCUT2D eigenvalue weighted by atomic mass is 35.5. The second kappa shape index (κ2) is 7.48. The zero-order chi connectivity index (χ0) is 22.7. The summed E-state index contributed by atoms with van der Waals surface area (Å²) in [6.45, 7) is 1.48. The van der Waals surface area contributed by atoms with Crippen molar-refractivity contribution in [1.29, 1.82) is 0 Å². The van der Waals surface area contributed by atoms with Gasteiger partial charge < -0.3 is 21.1 Å². The fourth-order valence-corrected chi connectivity index (χ4v) is 5.39. The van der Waals surface area contributed by atoms with Crippen LogP contribution in [0.25, 0.3) is 16.8 Å². The van der Waals surface area contributed by atoms with Crippen LogP contribution < -0.4 is 21.1 Å². The van der Waals surface area contributed by atoms with Gasteiger partial charge in [-0.15, -0.1) is 10.2 Å². The van der Waals surface area contributed by atoms with Crippen LogP contribution >= 0.6 is 23.2 Å². The minimum Gasteiger partial charge on any atom is -0.469 e. The van der Waals surface area contributed by atoms with E-state index < -0.39 is 5.60 Å². The number of hydrogen-bond donors (Lipinski definition) is 2. The van der Waals surface area contributed by atoms with Crippen LogP contribution in [0.4, 0.5) is 11.5 Å². The fraction of sp³-hybridized carbons (Fsp3) is 0.261. The number of halogens is 2. The van der Waals surface area contributed by atoms with E-state index in [0.29, 0.717) is 32.8 Å². The molecule has 0 aliphatic carbocycles. The summed E-state index contributed by atoms with van der Waals surface area (Å²) >= 11 is 12.7. The number of ether oxygens (including phenoxy) is 1. The minimum atomic E-state index is -0.445. The van der Waals surface area contributed by atoms with Gasteiger partial charge in [-0.05, 0) is 12.1 Å². The van der Waals surface area contributed by atoms with Crippen molar-refractivity contribution in [2.75, 3.05) is 23.7 Å². The molecule has 8 nitrogen and oxygen atoms in total. The Hall–Kier alpha value is -3.07. The molecule has 1 saturated heterocycles. The molecule has 2 aliphatic rings.